The van der Waals surface area contributed by atoms with Crippen molar-refractivity contribution in [3.63, 3.8) is 0 Å². The van der Waals surface area contributed by atoms with Gasteiger partial charge in [0, 0.05) is 12.1 Å². The van der Waals surface area contributed by atoms with Gasteiger partial charge in [-0.3, -0.25) is 4.90 Å². The Kier molecular flexibility index (Phi) is 4.13. The molecule has 0 bridgehead atoms. The van der Waals surface area contributed by atoms with Crippen molar-refractivity contribution < 1.29 is 5.11 Å². The summed E-state index contributed by atoms with van der Waals surface area (Å²) >= 11 is 0. The lowest BCUT2D eigenvalue weighted by Gasteiger charge is -2.43. The first kappa shape index (κ1) is 14.1. The summed E-state index contributed by atoms with van der Waals surface area (Å²) in [5.41, 5.74) is 2.49. The summed E-state index contributed by atoms with van der Waals surface area (Å²) in [6, 6.07) is 9.38. The molecule has 1 fully saturated rings. The first-order chi connectivity index (χ1) is 9.68. The van der Waals surface area contributed by atoms with E-state index < -0.39 is 0 Å². The van der Waals surface area contributed by atoms with E-state index in [1.165, 1.54) is 37.7 Å². The number of rotatable bonds is 2. The second-order valence-electron chi connectivity index (χ2n) is 6.74. The number of likely N-dealkylation sites (N-methyl/N-ethyl adjacent to an activating group) is 1. The summed E-state index contributed by atoms with van der Waals surface area (Å²) in [4.78, 5) is 2.48. The van der Waals surface area contributed by atoms with Crippen molar-refractivity contribution in [3.8, 4) is 0 Å². The smallest absolute Gasteiger partial charge is 0.0948 e. The molecule has 0 aliphatic heterocycles. The molecule has 0 aromatic heterocycles. The zero-order valence-electron chi connectivity index (χ0n) is 12.8. The van der Waals surface area contributed by atoms with E-state index in [0.29, 0.717) is 12.0 Å². The number of aliphatic hydroxyl groups is 1. The van der Waals surface area contributed by atoms with Gasteiger partial charge in [0.1, 0.15) is 0 Å². The van der Waals surface area contributed by atoms with Gasteiger partial charge >= 0.3 is 0 Å². The zero-order chi connectivity index (χ0) is 14.1. The Bertz CT molecular complexity index is 452. The summed E-state index contributed by atoms with van der Waals surface area (Å²) in [5, 5.41) is 10.8. The highest BCUT2D eigenvalue weighted by Crippen LogP contribution is 2.40. The van der Waals surface area contributed by atoms with Crippen LogP contribution in [0.1, 0.15) is 68.6 Å². The average Bonchev–Trinajstić information content (AvgIpc) is 2.51. The molecule has 0 saturated heterocycles. The summed E-state index contributed by atoms with van der Waals surface area (Å²) in [6.07, 6.45) is 7.44. The largest absolute Gasteiger partial charge is 0.387 e. The van der Waals surface area contributed by atoms with Crippen molar-refractivity contribution in [1.82, 2.24) is 4.90 Å². The first-order valence-electron chi connectivity index (χ1n) is 8.17. The maximum Gasteiger partial charge on any atom is 0.0948 e. The van der Waals surface area contributed by atoms with Gasteiger partial charge < -0.3 is 5.11 Å². The Morgan fingerprint density at radius 3 is 2.40 bits per heavy atom. The topological polar surface area (TPSA) is 23.5 Å². The fourth-order valence-corrected chi connectivity index (χ4v) is 4.20. The van der Waals surface area contributed by atoms with Crippen LogP contribution < -0.4 is 0 Å². The molecule has 2 aliphatic carbocycles. The van der Waals surface area contributed by atoms with Gasteiger partial charge in [-0.25, -0.2) is 0 Å². The number of benzene rings is 1. The third-order valence-corrected chi connectivity index (χ3v) is 5.48. The minimum Gasteiger partial charge on any atom is -0.387 e. The molecular formula is C18H27NO. The normalized spacial score (nSPS) is 31.3. The van der Waals surface area contributed by atoms with Gasteiger partial charge in [-0.2, -0.15) is 0 Å². The fourth-order valence-electron chi connectivity index (χ4n) is 4.20. The molecule has 1 aromatic rings. The molecule has 3 unspecified atom stereocenters. The van der Waals surface area contributed by atoms with Crippen LogP contribution in [0.2, 0.25) is 0 Å². The molecule has 1 aromatic carbocycles. The lowest BCUT2D eigenvalue weighted by atomic mass is 9.78. The molecule has 2 heteroatoms. The van der Waals surface area contributed by atoms with E-state index in [2.05, 4.69) is 43.1 Å². The molecule has 0 amide bonds. The van der Waals surface area contributed by atoms with Crippen LogP contribution in [0.5, 0.6) is 0 Å². The van der Waals surface area contributed by atoms with E-state index in [1.807, 2.05) is 0 Å². The number of nitrogens with zero attached hydrogens (tertiary/aromatic N) is 1. The van der Waals surface area contributed by atoms with Crippen LogP contribution in [0.4, 0.5) is 0 Å². The van der Waals surface area contributed by atoms with E-state index in [0.717, 1.165) is 12.0 Å². The van der Waals surface area contributed by atoms with E-state index >= 15 is 0 Å². The molecule has 1 N–H and O–H groups in total. The lowest BCUT2D eigenvalue weighted by Crippen LogP contribution is -2.46. The van der Waals surface area contributed by atoms with Crippen LogP contribution in [0.25, 0.3) is 0 Å². The molecule has 2 nitrogen and oxygen atoms in total. The highest BCUT2D eigenvalue weighted by atomic mass is 16.3. The summed E-state index contributed by atoms with van der Waals surface area (Å²) in [7, 11) is 2.23. The van der Waals surface area contributed by atoms with Crippen molar-refractivity contribution in [1.29, 1.82) is 0 Å². The Morgan fingerprint density at radius 1 is 1.05 bits per heavy atom. The van der Waals surface area contributed by atoms with Crippen molar-refractivity contribution in [2.75, 3.05) is 7.05 Å². The van der Waals surface area contributed by atoms with Gasteiger partial charge in [0.25, 0.3) is 0 Å². The molecule has 3 atom stereocenters. The number of aliphatic hydroxyl groups excluding tert-OH is 1. The van der Waals surface area contributed by atoms with Crippen LogP contribution in [0.15, 0.2) is 24.3 Å². The zero-order valence-corrected chi connectivity index (χ0v) is 12.8. The molecule has 2 aliphatic rings. The highest BCUT2D eigenvalue weighted by Gasteiger charge is 2.36. The molecule has 0 radical (unpaired) electrons. The van der Waals surface area contributed by atoms with E-state index in [4.69, 9.17) is 0 Å². The summed E-state index contributed by atoms with van der Waals surface area (Å²) in [5.74, 6) is 0.547. The average molecular weight is 273 g/mol. The van der Waals surface area contributed by atoms with Crippen molar-refractivity contribution >= 4 is 0 Å². The standard InChI is InChI=1S/C18H27NO/c1-13-12-17(19(2)14-8-4-3-5-9-14)18(20)16-11-7-6-10-15(13)16/h6-7,10-11,13-14,17-18,20H,3-5,8-9,12H2,1-2H3. The summed E-state index contributed by atoms with van der Waals surface area (Å²) < 4.78 is 0. The SMILES string of the molecule is CC1CC(N(C)C2CCCCC2)C(O)c2ccccc21. The van der Waals surface area contributed by atoms with Crippen molar-refractivity contribution in [2.24, 2.45) is 0 Å². The maximum absolute atomic E-state index is 10.8. The van der Waals surface area contributed by atoms with Gasteiger partial charge in [0.05, 0.1) is 6.10 Å². The third-order valence-electron chi connectivity index (χ3n) is 5.48. The molecule has 110 valence electrons. The van der Waals surface area contributed by atoms with Crippen LogP contribution in [0.3, 0.4) is 0 Å². The minimum absolute atomic E-state index is 0.281. The Morgan fingerprint density at radius 2 is 1.70 bits per heavy atom. The molecule has 1 saturated carbocycles. The van der Waals surface area contributed by atoms with Gasteiger partial charge in [-0.05, 0) is 43.4 Å². The van der Waals surface area contributed by atoms with Crippen LogP contribution >= 0.6 is 0 Å². The Labute approximate surface area is 122 Å². The fraction of sp³-hybridized carbons (Fsp3) is 0.667. The molecule has 20 heavy (non-hydrogen) atoms. The first-order valence-corrected chi connectivity index (χ1v) is 8.17. The maximum atomic E-state index is 10.8. The third kappa shape index (κ3) is 2.51. The van der Waals surface area contributed by atoms with Crippen molar-refractivity contribution in [2.45, 2.75) is 69.6 Å². The number of hydrogen-bond donors (Lipinski definition) is 1. The second kappa shape index (κ2) is 5.87. The van der Waals surface area contributed by atoms with Crippen LogP contribution in [-0.2, 0) is 0 Å². The number of hydrogen-bond acceptors (Lipinski definition) is 2. The van der Waals surface area contributed by atoms with Crippen molar-refractivity contribution in [3.05, 3.63) is 35.4 Å². The van der Waals surface area contributed by atoms with Gasteiger partial charge in [-0.15, -0.1) is 0 Å². The number of fused-ring (bicyclic) bond motifs is 1. The monoisotopic (exact) mass is 273 g/mol. The minimum atomic E-state index is -0.325. The molecule has 0 heterocycles. The van der Waals surface area contributed by atoms with Crippen LogP contribution in [-0.4, -0.2) is 29.1 Å². The van der Waals surface area contributed by atoms with Crippen LogP contribution in [0, 0.1) is 0 Å². The van der Waals surface area contributed by atoms with E-state index in [-0.39, 0.29) is 12.1 Å². The predicted molar refractivity (Wildman–Crippen MR) is 82.9 cm³/mol. The molecule has 3 rings (SSSR count). The van der Waals surface area contributed by atoms with Gasteiger partial charge in [-0.1, -0.05) is 50.5 Å². The molecular weight excluding hydrogens is 246 g/mol. The lowest BCUT2D eigenvalue weighted by molar-refractivity contribution is 0.0144. The Balaban J connectivity index is 1.81. The summed E-state index contributed by atoms with van der Waals surface area (Å²) in [6.45, 7) is 2.30. The Hall–Kier alpha value is -0.860. The van der Waals surface area contributed by atoms with Gasteiger partial charge in [0.2, 0.25) is 0 Å². The quantitative estimate of drug-likeness (QED) is 0.884. The molecule has 0 spiro atoms. The second-order valence-corrected chi connectivity index (χ2v) is 6.74. The van der Waals surface area contributed by atoms with Gasteiger partial charge in [0.15, 0.2) is 0 Å². The highest BCUT2D eigenvalue weighted by molar-refractivity contribution is 5.35. The van der Waals surface area contributed by atoms with E-state index in [9.17, 15) is 5.11 Å². The van der Waals surface area contributed by atoms with E-state index in [1.54, 1.807) is 0 Å². The predicted octanol–water partition coefficient (Wildman–Crippen LogP) is 3.86.